The molecule has 3 heterocycles. The summed E-state index contributed by atoms with van der Waals surface area (Å²) >= 11 is 1.65. The molecule has 0 aliphatic carbocycles. The van der Waals surface area contributed by atoms with Gasteiger partial charge in [0, 0.05) is 24.0 Å². The fourth-order valence-electron chi connectivity index (χ4n) is 3.13. The van der Waals surface area contributed by atoms with E-state index in [1.165, 1.54) is 0 Å². The molecule has 0 radical (unpaired) electrons. The third kappa shape index (κ3) is 3.36. The fraction of sp³-hybridized carbons (Fsp3) is 0.190. The molecule has 3 aromatic heterocycles. The van der Waals surface area contributed by atoms with Crippen LogP contribution in [0.25, 0.3) is 22.3 Å². The van der Waals surface area contributed by atoms with Crippen LogP contribution in [0.4, 0.5) is 0 Å². The molecule has 1 aromatic carbocycles. The van der Waals surface area contributed by atoms with Crippen molar-refractivity contribution in [2.75, 3.05) is 7.05 Å². The van der Waals surface area contributed by atoms with E-state index in [2.05, 4.69) is 5.10 Å². The molecule has 0 aliphatic heterocycles. The molecule has 0 spiro atoms. The van der Waals surface area contributed by atoms with Gasteiger partial charge in [-0.15, -0.1) is 11.3 Å². The van der Waals surface area contributed by atoms with E-state index in [0.717, 1.165) is 27.2 Å². The summed E-state index contributed by atoms with van der Waals surface area (Å²) in [6, 6.07) is 15.9. The maximum atomic E-state index is 13.2. The minimum absolute atomic E-state index is 0.0244. The Morgan fingerprint density at radius 3 is 2.70 bits per heavy atom. The number of aromatic nitrogens is 3. The molecule has 4 rings (SSSR count). The van der Waals surface area contributed by atoms with Crippen LogP contribution < -0.4 is 0 Å². The number of hydrogen-bond donors (Lipinski definition) is 0. The molecule has 5 nitrogen and oxygen atoms in total. The van der Waals surface area contributed by atoms with Gasteiger partial charge in [-0.2, -0.15) is 5.10 Å². The van der Waals surface area contributed by atoms with Crippen molar-refractivity contribution in [3.05, 3.63) is 70.5 Å². The standard InChI is InChI=1S/C21H20N4OS/c1-3-25-20-18(13-22-25)17(12-19(23-20)15-8-5-4-6-9-15)21(26)24(2)14-16-10-7-11-27-16/h4-13H,3,14H2,1-2H3. The topological polar surface area (TPSA) is 51.0 Å². The number of aryl methyl sites for hydroxylation is 1. The normalized spacial score (nSPS) is 11.0. The Bertz CT molecular complexity index is 1070. The molecule has 0 aliphatic rings. The van der Waals surface area contributed by atoms with E-state index in [1.54, 1.807) is 22.4 Å². The summed E-state index contributed by atoms with van der Waals surface area (Å²) in [4.78, 5) is 20.9. The predicted octanol–water partition coefficient (Wildman–Crippen LogP) is 4.45. The summed E-state index contributed by atoms with van der Waals surface area (Å²) in [7, 11) is 1.83. The average Bonchev–Trinajstić information content (AvgIpc) is 3.36. The largest absolute Gasteiger partial charge is 0.337 e. The van der Waals surface area contributed by atoms with E-state index in [9.17, 15) is 4.79 Å². The number of rotatable bonds is 5. The Balaban J connectivity index is 1.80. The number of thiophene rings is 1. The second kappa shape index (κ2) is 7.32. The van der Waals surface area contributed by atoms with E-state index < -0.39 is 0 Å². The summed E-state index contributed by atoms with van der Waals surface area (Å²) in [5.41, 5.74) is 3.15. The van der Waals surface area contributed by atoms with Crippen molar-refractivity contribution in [1.82, 2.24) is 19.7 Å². The third-order valence-electron chi connectivity index (χ3n) is 4.53. The lowest BCUT2D eigenvalue weighted by atomic mass is 10.1. The molecule has 0 unspecified atom stereocenters. The average molecular weight is 376 g/mol. The van der Waals surface area contributed by atoms with Gasteiger partial charge in [0.2, 0.25) is 0 Å². The third-order valence-corrected chi connectivity index (χ3v) is 5.39. The lowest BCUT2D eigenvalue weighted by molar-refractivity contribution is 0.0788. The second-order valence-electron chi connectivity index (χ2n) is 6.36. The summed E-state index contributed by atoms with van der Waals surface area (Å²) in [5.74, 6) is -0.0244. The van der Waals surface area contributed by atoms with Gasteiger partial charge in [-0.3, -0.25) is 4.79 Å². The number of hydrogen-bond acceptors (Lipinski definition) is 4. The molecule has 4 aromatic rings. The molecule has 0 fully saturated rings. The van der Waals surface area contributed by atoms with Crippen LogP contribution in [0.1, 0.15) is 22.2 Å². The number of pyridine rings is 1. The molecule has 6 heteroatoms. The van der Waals surface area contributed by atoms with Gasteiger partial charge < -0.3 is 4.90 Å². The minimum atomic E-state index is -0.0244. The van der Waals surface area contributed by atoms with Gasteiger partial charge in [-0.1, -0.05) is 36.4 Å². The van der Waals surface area contributed by atoms with Crippen LogP contribution in [-0.2, 0) is 13.1 Å². The Morgan fingerprint density at radius 2 is 2.00 bits per heavy atom. The van der Waals surface area contributed by atoms with Crippen molar-refractivity contribution in [3.8, 4) is 11.3 Å². The first-order valence-corrected chi connectivity index (χ1v) is 9.75. The molecule has 0 saturated heterocycles. The van der Waals surface area contributed by atoms with Crippen LogP contribution in [-0.4, -0.2) is 32.6 Å². The number of nitrogens with zero attached hydrogens (tertiary/aromatic N) is 4. The number of carbonyl (C=O) groups is 1. The summed E-state index contributed by atoms with van der Waals surface area (Å²) in [5, 5.41) is 7.23. The quantitative estimate of drug-likeness (QED) is 0.517. The van der Waals surface area contributed by atoms with Crippen molar-refractivity contribution in [1.29, 1.82) is 0 Å². The van der Waals surface area contributed by atoms with Crippen LogP contribution in [0.15, 0.2) is 60.1 Å². The van der Waals surface area contributed by atoms with Crippen molar-refractivity contribution in [2.24, 2.45) is 0 Å². The Labute approximate surface area is 161 Å². The van der Waals surface area contributed by atoms with Gasteiger partial charge in [-0.05, 0) is 24.4 Å². The summed E-state index contributed by atoms with van der Waals surface area (Å²) in [6.45, 7) is 3.31. The fourth-order valence-corrected chi connectivity index (χ4v) is 3.88. The molecular formula is C21H20N4OS. The van der Waals surface area contributed by atoms with Crippen LogP contribution in [0.2, 0.25) is 0 Å². The van der Waals surface area contributed by atoms with Crippen molar-refractivity contribution in [2.45, 2.75) is 20.0 Å². The van der Waals surface area contributed by atoms with Crippen LogP contribution in [0, 0.1) is 0 Å². The van der Waals surface area contributed by atoms with Crippen LogP contribution in [0.5, 0.6) is 0 Å². The van der Waals surface area contributed by atoms with Gasteiger partial charge in [0.25, 0.3) is 5.91 Å². The maximum absolute atomic E-state index is 13.2. The number of carbonyl (C=O) groups excluding carboxylic acids is 1. The second-order valence-corrected chi connectivity index (χ2v) is 7.39. The minimum Gasteiger partial charge on any atom is -0.337 e. The van der Waals surface area contributed by atoms with Gasteiger partial charge in [0.1, 0.15) is 0 Å². The number of benzene rings is 1. The van der Waals surface area contributed by atoms with Gasteiger partial charge >= 0.3 is 0 Å². The highest BCUT2D eigenvalue weighted by molar-refractivity contribution is 7.09. The first-order chi connectivity index (χ1) is 13.2. The Hall–Kier alpha value is -2.99. The zero-order valence-corrected chi connectivity index (χ0v) is 16.1. The highest BCUT2D eigenvalue weighted by Crippen LogP contribution is 2.26. The van der Waals surface area contributed by atoms with Crippen LogP contribution in [0.3, 0.4) is 0 Å². The van der Waals surface area contributed by atoms with Gasteiger partial charge in [-0.25, -0.2) is 9.67 Å². The molecular weight excluding hydrogens is 356 g/mol. The molecule has 0 N–H and O–H groups in total. The molecule has 27 heavy (non-hydrogen) atoms. The zero-order chi connectivity index (χ0) is 18.8. The van der Waals surface area contributed by atoms with E-state index in [1.807, 2.05) is 72.6 Å². The lowest BCUT2D eigenvalue weighted by Gasteiger charge is -2.17. The lowest BCUT2D eigenvalue weighted by Crippen LogP contribution is -2.26. The van der Waals surface area contributed by atoms with E-state index in [4.69, 9.17) is 4.98 Å². The summed E-state index contributed by atoms with van der Waals surface area (Å²) < 4.78 is 1.83. The Kier molecular flexibility index (Phi) is 4.73. The first kappa shape index (κ1) is 17.4. The number of fused-ring (bicyclic) bond motifs is 1. The summed E-state index contributed by atoms with van der Waals surface area (Å²) in [6.07, 6.45) is 1.74. The predicted molar refractivity (Wildman–Crippen MR) is 109 cm³/mol. The highest BCUT2D eigenvalue weighted by atomic mass is 32.1. The molecule has 0 bridgehead atoms. The van der Waals surface area contributed by atoms with Gasteiger partial charge in [0.15, 0.2) is 5.65 Å². The molecule has 0 atom stereocenters. The molecule has 0 saturated carbocycles. The maximum Gasteiger partial charge on any atom is 0.254 e. The number of amides is 1. The smallest absolute Gasteiger partial charge is 0.254 e. The van der Waals surface area contributed by atoms with Gasteiger partial charge in [0.05, 0.1) is 29.4 Å². The Morgan fingerprint density at radius 1 is 1.19 bits per heavy atom. The SMILES string of the molecule is CCn1ncc2c(C(=O)N(C)Cc3cccs3)cc(-c3ccccc3)nc21. The highest BCUT2D eigenvalue weighted by Gasteiger charge is 2.20. The first-order valence-electron chi connectivity index (χ1n) is 8.87. The zero-order valence-electron chi connectivity index (χ0n) is 15.3. The van der Waals surface area contributed by atoms with E-state index in [0.29, 0.717) is 18.7 Å². The van der Waals surface area contributed by atoms with E-state index in [-0.39, 0.29) is 5.91 Å². The molecule has 136 valence electrons. The van der Waals surface area contributed by atoms with E-state index >= 15 is 0 Å². The monoisotopic (exact) mass is 376 g/mol. The van der Waals surface area contributed by atoms with Crippen molar-refractivity contribution in [3.63, 3.8) is 0 Å². The van der Waals surface area contributed by atoms with Crippen LogP contribution >= 0.6 is 11.3 Å². The molecule has 1 amide bonds. The van der Waals surface area contributed by atoms with Crippen molar-refractivity contribution < 1.29 is 4.79 Å². The van der Waals surface area contributed by atoms with Crippen molar-refractivity contribution >= 4 is 28.3 Å².